The first kappa shape index (κ1) is 21.4. The number of hydrogen-bond donors (Lipinski definition) is 2. The Hall–Kier alpha value is 0.400. The molecule has 0 aromatic carbocycles. The van der Waals surface area contributed by atoms with E-state index in [0.29, 0.717) is 6.54 Å². The van der Waals surface area contributed by atoms with E-state index in [1.165, 1.54) is 95.2 Å². The van der Waals surface area contributed by atoms with Gasteiger partial charge in [-0.05, 0) is 12.8 Å². The molecule has 1 unspecified atom stereocenters. The standard InChI is InChI=1S/C18H39BrN2/c19-16-14-12-10-8-6-4-2-1-3-5-7-9-11-13-15-18(21)17-20/h18H,1-17,20-21H2. The van der Waals surface area contributed by atoms with Crippen molar-refractivity contribution in [1.82, 2.24) is 0 Å². The third-order valence-electron chi connectivity index (χ3n) is 4.26. The molecule has 0 bridgehead atoms. The molecule has 21 heavy (non-hydrogen) atoms. The lowest BCUT2D eigenvalue weighted by molar-refractivity contribution is 0.517. The summed E-state index contributed by atoms with van der Waals surface area (Å²) in [6, 6.07) is 0.226. The van der Waals surface area contributed by atoms with E-state index in [4.69, 9.17) is 11.5 Å². The number of rotatable bonds is 17. The Labute approximate surface area is 141 Å². The maximum Gasteiger partial charge on any atom is 0.0163 e. The van der Waals surface area contributed by atoms with Crippen LogP contribution in [-0.2, 0) is 0 Å². The average molecular weight is 363 g/mol. The summed E-state index contributed by atoms with van der Waals surface area (Å²) in [5.41, 5.74) is 11.3. The van der Waals surface area contributed by atoms with E-state index in [-0.39, 0.29) is 6.04 Å². The molecule has 0 spiro atoms. The number of alkyl halides is 1. The Morgan fingerprint density at radius 3 is 1.24 bits per heavy atom. The van der Waals surface area contributed by atoms with Gasteiger partial charge >= 0.3 is 0 Å². The Morgan fingerprint density at radius 2 is 0.905 bits per heavy atom. The molecular formula is C18H39BrN2. The van der Waals surface area contributed by atoms with Crippen molar-refractivity contribution in [3.8, 4) is 0 Å². The molecule has 1 atom stereocenters. The van der Waals surface area contributed by atoms with Gasteiger partial charge in [-0.25, -0.2) is 0 Å². The van der Waals surface area contributed by atoms with E-state index in [1.54, 1.807) is 0 Å². The summed E-state index contributed by atoms with van der Waals surface area (Å²) >= 11 is 3.49. The maximum atomic E-state index is 5.80. The van der Waals surface area contributed by atoms with Crippen molar-refractivity contribution < 1.29 is 0 Å². The van der Waals surface area contributed by atoms with E-state index in [1.807, 2.05) is 0 Å². The smallest absolute Gasteiger partial charge is 0.0163 e. The van der Waals surface area contributed by atoms with Gasteiger partial charge in [-0.15, -0.1) is 0 Å². The highest BCUT2D eigenvalue weighted by Crippen LogP contribution is 2.13. The van der Waals surface area contributed by atoms with Crippen LogP contribution in [0.3, 0.4) is 0 Å². The zero-order valence-corrected chi connectivity index (χ0v) is 15.7. The number of unbranched alkanes of at least 4 members (excludes halogenated alkanes) is 13. The lowest BCUT2D eigenvalue weighted by Gasteiger charge is -2.07. The molecule has 3 heteroatoms. The zero-order chi connectivity index (χ0) is 15.6. The molecule has 0 rings (SSSR count). The molecular weight excluding hydrogens is 324 g/mol. The lowest BCUT2D eigenvalue weighted by Crippen LogP contribution is -2.29. The molecule has 0 heterocycles. The molecule has 4 N–H and O–H groups in total. The van der Waals surface area contributed by atoms with Gasteiger partial charge in [0.1, 0.15) is 0 Å². The first-order valence-corrected chi connectivity index (χ1v) is 10.4. The minimum Gasteiger partial charge on any atom is -0.329 e. The summed E-state index contributed by atoms with van der Waals surface area (Å²) in [6.07, 6.45) is 20.8. The molecule has 0 aliphatic rings. The Morgan fingerprint density at radius 1 is 0.571 bits per heavy atom. The third kappa shape index (κ3) is 18.4. The number of hydrogen-bond acceptors (Lipinski definition) is 2. The Balaban J connectivity index is 2.96. The van der Waals surface area contributed by atoms with Crippen molar-refractivity contribution in [3.05, 3.63) is 0 Å². The fraction of sp³-hybridized carbons (Fsp3) is 1.00. The predicted molar refractivity (Wildman–Crippen MR) is 100 cm³/mol. The second kappa shape index (κ2) is 18.4. The van der Waals surface area contributed by atoms with Crippen molar-refractivity contribution in [3.63, 3.8) is 0 Å². The van der Waals surface area contributed by atoms with Gasteiger partial charge in [-0.3, -0.25) is 0 Å². The Kier molecular flexibility index (Phi) is 18.8. The minimum absolute atomic E-state index is 0.226. The summed E-state index contributed by atoms with van der Waals surface area (Å²) < 4.78 is 0. The molecule has 0 fully saturated rings. The van der Waals surface area contributed by atoms with Crippen LogP contribution in [0.5, 0.6) is 0 Å². The largest absolute Gasteiger partial charge is 0.329 e. The molecule has 0 saturated carbocycles. The monoisotopic (exact) mass is 362 g/mol. The molecule has 128 valence electrons. The molecule has 0 radical (unpaired) electrons. The predicted octanol–water partition coefficient (Wildman–Crippen LogP) is 5.52. The summed E-state index contributed by atoms with van der Waals surface area (Å²) in [4.78, 5) is 0. The van der Waals surface area contributed by atoms with Gasteiger partial charge in [0, 0.05) is 17.9 Å². The van der Waals surface area contributed by atoms with Gasteiger partial charge in [0.2, 0.25) is 0 Å². The molecule has 0 aromatic heterocycles. The number of halogens is 1. The molecule has 2 nitrogen and oxygen atoms in total. The van der Waals surface area contributed by atoms with Gasteiger partial charge in [-0.1, -0.05) is 99.4 Å². The fourth-order valence-electron chi connectivity index (χ4n) is 2.74. The molecule has 0 amide bonds. The van der Waals surface area contributed by atoms with E-state index in [9.17, 15) is 0 Å². The topological polar surface area (TPSA) is 52.0 Å². The molecule has 0 saturated heterocycles. The van der Waals surface area contributed by atoms with Gasteiger partial charge < -0.3 is 11.5 Å². The van der Waals surface area contributed by atoms with Crippen molar-refractivity contribution in [2.75, 3.05) is 11.9 Å². The van der Waals surface area contributed by atoms with Crippen LogP contribution in [0, 0.1) is 0 Å². The third-order valence-corrected chi connectivity index (χ3v) is 4.82. The summed E-state index contributed by atoms with van der Waals surface area (Å²) in [5, 5.41) is 1.17. The highest BCUT2D eigenvalue weighted by atomic mass is 79.9. The van der Waals surface area contributed by atoms with Crippen molar-refractivity contribution in [2.24, 2.45) is 11.5 Å². The normalized spacial score (nSPS) is 12.7. The quantitative estimate of drug-likeness (QED) is 0.264. The second-order valence-corrected chi connectivity index (χ2v) is 7.22. The lowest BCUT2D eigenvalue weighted by atomic mass is 10.0. The van der Waals surface area contributed by atoms with Crippen LogP contribution in [0.25, 0.3) is 0 Å². The van der Waals surface area contributed by atoms with E-state index in [0.717, 1.165) is 6.42 Å². The first-order chi connectivity index (χ1) is 10.3. The SMILES string of the molecule is NCC(N)CCCCCCCCCCCCCCCCBr. The summed E-state index contributed by atoms with van der Waals surface area (Å²) in [5.74, 6) is 0. The van der Waals surface area contributed by atoms with Crippen LogP contribution in [-0.4, -0.2) is 17.9 Å². The maximum absolute atomic E-state index is 5.80. The van der Waals surface area contributed by atoms with Crippen LogP contribution in [0.4, 0.5) is 0 Å². The number of nitrogens with two attached hydrogens (primary N) is 2. The van der Waals surface area contributed by atoms with Gasteiger partial charge in [0.05, 0.1) is 0 Å². The second-order valence-electron chi connectivity index (χ2n) is 6.42. The fourth-order valence-corrected chi connectivity index (χ4v) is 3.14. The van der Waals surface area contributed by atoms with Gasteiger partial charge in [0.25, 0.3) is 0 Å². The van der Waals surface area contributed by atoms with Crippen molar-refractivity contribution >= 4 is 15.9 Å². The molecule has 0 aliphatic carbocycles. The molecule has 0 aliphatic heterocycles. The first-order valence-electron chi connectivity index (χ1n) is 9.33. The highest BCUT2D eigenvalue weighted by Gasteiger charge is 1.98. The summed E-state index contributed by atoms with van der Waals surface area (Å²) in [6.45, 7) is 0.635. The van der Waals surface area contributed by atoms with E-state index in [2.05, 4.69) is 15.9 Å². The van der Waals surface area contributed by atoms with Crippen LogP contribution in [0.15, 0.2) is 0 Å². The van der Waals surface area contributed by atoms with Gasteiger partial charge in [0.15, 0.2) is 0 Å². The van der Waals surface area contributed by atoms with Crippen LogP contribution < -0.4 is 11.5 Å². The van der Waals surface area contributed by atoms with Crippen molar-refractivity contribution in [2.45, 2.75) is 102 Å². The Bertz CT molecular complexity index is 188. The van der Waals surface area contributed by atoms with Crippen LogP contribution >= 0.6 is 15.9 Å². The average Bonchev–Trinajstić information content (AvgIpc) is 2.50. The summed E-state index contributed by atoms with van der Waals surface area (Å²) in [7, 11) is 0. The van der Waals surface area contributed by atoms with Crippen LogP contribution in [0.1, 0.15) is 96.3 Å². The molecule has 0 aromatic rings. The van der Waals surface area contributed by atoms with E-state index >= 15 is 0 Å². The minimum atomic E-state index is 0.226. The van der Waals surface area contributed by atoms with Gasteiger partial charge in [-0.2, -0.15) is 0 Å². The van der Waals surface area contributed by atoms with Crippen molar-refractivity contribution in [1.29, 1.82) is 0 Å². The zero-order valence-electron chi connectivity index (χ0n) is 14.1. The highest BCUT2D eigenvalue weighted by molar-refractivity contribution is 9.09. The van der Waals surface area contributed by atoms with E-state index < -0.39 is 0 Å². The van der Waals surface area contributed by atoms with Crippen LogP contribution in [0.2, 0.25) is 0 Å².